The molecule has 1 N–H and O–H groups in total. The van der Waals surface area contributed by atoms with Crippen molar-refractivity contribution in [1.82, 2.24) is 19.6 Å². The Labute approximate surface area is 151 Å². The molecule has 6 nitrogen and oxygen atoms in total. The first-order valence-electron chi connectivity index (χ1n) is 8.23. The highest BCUT2D eigenvalue weighted by molar-refractivity contribution is 7.15. The van der Waals surface area contributed by atoms with Gasteiger partial charge in [-0.3, -0.25) is 4.40 Å². The molecular weight excluding hydrogens is 334 g/mol. The SMILES string of the molecule is CCNC(=NCc1cn2ccsc2n1)N(C)Cc1ccc(OC)cc1. The van der Waals surface area contributed by atoms with E-state index in [0.29, 0.717) is 6.54 Å². The molecule has 0 fully saturated rings. The Morgan fingerprint density at radius 1 is 1.36 bits per heavy atom. The van der Waals surface area contributed by atoms with Crippen LogP contribution < -0.4 is 10.1 Å². The number of fused-ring (bicyclic) bond motifs is 1. The van der Waals surface area contributed by atoms with Crippen LogP contribution in [0.4, 0.5) is 0 Å². The van der Waals surface area contributed by atoms with Gasteiger partial charge in [0.15, 0.2) is 10.9 Å². The van der Waals surface area contributed by atoms with Crippen molar-refractivity contribution in [3.63, 3.8) is 0 Å². The predicted octanol–water partition coefficient (Wildman–Crippen LogP) is 3.00. The van der Waals surface area contributed by atoms with Crippen molar-refractivity contribution < 1.29 is 4.74 Å². The molecule has 2 aromatic heterocycles. The van der Waals surface area contributed by atoms with Crippen LogP contribution in [0.25, 0.3) is 4.96 Å². The molecule has 0 aliphatic heterocycles. The minimum atomic E-state index is 0.559. The molecule has 3 aromatic rings. The van der Waals surface area contributed by atoms with Crippen molar-refractivity contribution in [3.05, 3.63) is 53.3 Å². The number of rotatable bonds is 6. The Hall–Kier alpha value is -2.54. The van der Waals surface area contributed by atoms with E-state index >= 15 is 0 Å². The van der Waals surface area contributed by atoms with Crippen LogP contribution in [0.2, 0.25) is 0 Å². The van der Waals surface area contributed by atoms with Gasteiger partial charge in [0.1, 0.15) is 5.75 Å². The maximum atomic E-state index is 5.21. The lowest BCUT2D eigenvalue weighted by molar-refractivity contribution is 0.414. The molecule has 1 aromatic carbocycles. The van der Waals surface area contributed by atoms with Crippen molar-refractivity contribution in [1.29, 1.82) is 0 Å². The zero-order chi connectivity index (χ0) is 17.6. The average molecular weight is 357 g/mol. The van der Waals surface area contributed by atoms with Crippen LogP contribution in [0, 0.1) is 0 Å². The van der Waals surface area contributed by atoms with Crippen LogP contribution >= 0.6 is 11.3 Å². The number of ether oxygens (including phenoxy) is 1. The number of hydrogen-bond acceptors (Lipinski definition) is 4. The lowest BCUT2D eigenvalue weighted by atomic mass is 10.2. The number of imidazole rings is 1. The van der Waals surface area contributed by atoms with Gasteiger partial charge < -0.3 is 15.0 Å². The van der Waals surface area contributed by atoms with Gasteiger partial charge in [0.2, 0.25) is 0 Å². The van der Waals surface area contributed by atoms with Crippen molar-refractivity contribution in [2.75, 3.05) is 20.7 Å². The zero-order valence-corrected chi connectivity index (χ0v) is 15.6. The van der Waals surface area contributed by atoms with Crippen molar-refractivity contribution >= 4 is 22.3 Å². The molecule has 0 aliphatic rings. The number of guanidine groups is 1. The number of methoxy groups -OCH3 is 1. The smallest absolute Gasteiger partial charge is 0.194 e. The van der Waals surface area contributed by atoms with E-state index in [9.17, 15) is 0 Å². The number of aliphatic imine (C=N–C) groups is 1. The monoisotopic (exact) mass is 357 g/mol. The van der Waals surface area contributed by atoms with E-state index in [-0.39, 0.29) is 0 Å². The van der Waals surface area contributed by atoms with Gasteiger partial charge in [0, 0.05) is 37.9 Å². The molecule has 0 amide bonds. The summed E-state index contributed by atoms with van der Waals surface area (Å²) in [4.78, 5) is 12.4. The number of nitrogens with one attached hydrogen (secondary N) is 1. The molecule has 0 aliphatic carbocycles. The van der Waals surface area contributed by atoms with E-state index in [2.05, 4.69) is 34.3 Å². The summed E-state index contributed by atoms with van der Waals surface area (Å²) in [7, 11) is 3.72. The van der Waals surface area contributed by atoms with Crippen molar-refractivity contribution in [2.45, 2.75) is 20.0 Å². The quantitative estimate of drug-likeness (QED) is 0.544. The van der Waals surface area contributed by atoms with E-state index in [1.54, 1.807) is 18.4 Å². The molecule has 25 heavy (non-hydrogen) atoms. The van der Waals surface area contributed by atoms with Crippen LogP contribution in [-0.4, -0.2) is 40.9 Å². The molecular formula is C18H23N5OS. The van der Waals surface area contributed by atoms with E-state index in [1.807, 2.05) is 41.4 Å². The largest absolute Gasteiger partial charge is 0.497 e. The molecule has 132 valence electrons. The van der Waals surface area contributed by atoms with Crippen LogP contribution in [0.1, 0.15) is 18.2 Å². The van der Waals surface area contributed by atoms with Gasteiger partial charge in [0.25, 0.3) is 0 Å². The summed E-state index contributed by atoms with van der Waals surface area (Å²) in [5.41, 5.74) is 2.18. The molecule has 3 rings (SSSR count). The maximum Gasteiger partial charge on any atom is 0.194 e. The second-order valence-corrected chi connectivity index (χ2v) is 6.57. The highest BCUT2D eigenvalue weighted by atomic mass is 32.1. The van der Waals surface area contributed by atoms with Crippen LogP contribution in [0.15, 0.2) is 47.0 Å². The minimum absolute atomic E-state index is 0.559. The summed E-state index contributed by atoms with van der Waals surface area (Å²) >= 11 is 1.63. The lowest BCUT2D eigenvalue weighted by Crippen LogP contribution is -2.38. The normalized spacial score (nSPS) is 11.7. The Morgan fingerprint density at radius 3 is 2.84 bits per heavy atom. The second-order valence-electron chi connectivity index (χ2n) is 5.70. The first-order chi connectivity index (χ1) is 12.2. The fourth-order valence-corrected chi connectivity index (χ4v) is 3.28. The summed E-state index contributed by atoms with van der Waals surface area (Å²) in [6.07, 6.45) is 4.05. The third-order valence-corrected chi connectivity index (χ3v) is 4.58. The number of aromatic nitrogens is 2. The Kier molecular flexibility index (Phi) is 5.55. The average Bonchev–Trinajstić information content (AvgIpc) is 3.20. The Balaban J connectivity index is 1.68. The van der Waals surface area contributed by atoms with Crippen molar-refractivity contribution in [2.24, 2.45) is 4.99 Å². The van der Waals surface area contributed by atoms with Gasteiger partial charge in [-0.15, -0.1) is 11.3 Å². The Bertz CT molecular complexity index is 808. The Morgan fingerprint density at radius 2 is 2.16 bits per heavy atom. The zero-order valence-electron chi connectivity index (χ0n) is 14.8. The van der Waals surface area contributed by atoms with Gasteiger partial charge in [0.05, 0.1) is 19.3 Å². The van der Waals surface area contributed by atoms with Gasteiger partial charge >= 0.3 is 0 Å². The van der Waals surface area contributed by atoms with Gasteiger partial charge in [-0.25, -0.2) is 9.98 Å². The molecule has 0 bridgehead atoms. The van der Waals surface area contributed by atoms with E-state index in [1.165, 1.54) is 5.56 Å². The van der Waals surface area contributed by atoms with E-state index in [0.717, 1.165) is 35.5 Å². The van der Waals surface area contributed by atoms with Crippen molar-refractivity contribution in [3.8, 4) is 5.75 Å². The standard InChI is InChI=1S/C18H23N5OS/c1-4-19-17(20-11-15-13-23-9-10-25-18(23)21-15)22(2)12-14-5-7-16(24-3)8-6-14/h5-10,13H,4,11-12H2,1-3H3,(H,19,20). The molecule has 0 radical (unpaired) electrons. The van der Waals surface area contributed by atoms with Crippen LogP contribution in [-0.2, 0) is 13.1 Å². The number of thiazole rings is 1. The number of hydrogen-bond donors (Lipinski definition) is 1. The van der Waals surface area contributed by atoms with Gasteiger partial charge in [-0.1, -0.05) is 12.1 Å². The first kappa shape index (κ1) is 17.3. The van der Waals surface area contributed by atoms with Crippen LogP contribution in [0.3, 0.4) is 0 Å². The molecule has 7 heteroatoms. The second kappa shape index (κ2) is 8.02. The van der Waals surface area contributed by atoms with E-state index in [4.69, 9.17) is 9.73 Å². The summed E-state index contributed by atoms with van der Waals surface area (Å²) in [6.45, 7) is 4.23. The maximum absolute atomic E-state index is 5.21. The van der Waals surface area contributed by atoms with E-state index < -0.39 is 0 Å². The minimum Gasteiger partial charge on any atom is -0.497 e. The summed E-state index contributed by atoms with van der Waals surface area (Å²) in [6, 6.07) is 8.10. The fourth-order valence-electron chi connectivity index (χ4n) is 2.56. The molecule has 2 heterocycles. The molecule has 0 saturated carbocycles. The van der Waals surface area contributed by atoms with Gasteiger partial charge in [-0.05, 0) is 24.6 Å². The highest BCUT2D eigenvalue weighted by Crippen LogP contribution is 2.14. The third kappa shape index (κ3) is 4.30. The summed E-state index contributed by atoms with van der Waals surface area (Å²) < 4.78 is 7.24. The molecule has 0 unspecified atom stereocenters. The predicted molar refractivity (Wildman–Crippen MR) is 102 cm³/mol. The first-order valence-corrected chi connectivity index (χ1v) is 9.11. The summed E-state index contributed by atoms with van der Waals surface area (Å²) in [5.74, 6) is 1.74. The number of benzene rings is 1. The highest BCUT2D eigenvalue weighted by Gasteiger charge is 2.08. The topological polar surface area (TPSA) is 54.2 Å². The summed E-state index contributed by atoms with van der Waals surface area (Å²) in [5, 5.41) is 5.37. The van der Waals surface area contributed by atoms with Gasteiger partial charge in [-0.2, -0.15) is 0 Å². The third-order valence-electron chi connectivity index (χ3n) is 3.81. The fraction of sp³-hybridized carbons (Fsp3) is 0.333. The lowest BCUT2D eigenvalue weighted by Gasteiger charge is -2.22. The number of nitrogens with zero attached hydrogens (tertiary/aromatic N) is 4. The van der Waals surface area contributed by atoms with Crippen LogP contribution in [0.5, 0.6) is 5.75 Å². The molecule has 0 spiro atoms. The molecule has 0 atom stereocenters. The molecule has 0 saturated heterocycles.